The quantitative estimate of drug-likeness (QED) is 0.851. The Kier molecular flexibility index (Phi) is 4.75. The van der Waals surface area contributed by atoms with Crippen molar-refractivity contribution >= 4 is 0 Å². The summed E-state index contributed by atoms with van der Waals surface area (Å²) in [6.45, 7) is 4.45. The molecule has 0 saturated heterocycles. The molecule has 0 fully saturated rings. The van der Waals surface area contributed by atoms with Gasteiger partial charge in [0.1, 0.15) is 0 Å². The molecule has 1 heteroatoms. The fraction of sp³-hybridized carbons (Fsp3) is 0.333. The van der Waals surface area contributed by atoms with Crippen LogP contribution in [0.15, 0.2) is 54.6 Å². The second kappa shape index (κ2) is 6.53. The molecule has 100 valence electrons. The molecule has 0 aliphatic rings. The van der Waals surface area contributed by atoms with E-state index in [0.717, 1.165) is 6.42 Å². The van der Waals surface area contributed by atoms with Crippen LogP contribution in [0.25, 0.3) is 0 Å². The van der Waals surface area contributed by atoms with Crippen LogP contribution in [0.1, 0.15) is 29.5 Å². The van der Waals surface area contributed by atoms with Gasteiger partial charge in [0.05, 0.1) is 0 Å². The minimum Gasteiger partial charge on any atom is -0.316 e. The lowest BCUT2D eigenvalue weighted by molar-refractivity contribution is 0.483. The number of aryl methyl sites for hydroxylation is 1. The zero-order chi connectivity index (χ0) is 13.7. The molecule has 2 atom stereocenters. The minimum absolute atomic E-state index is 0.462. The average molecular weight is 253 g/mol. The highest BCUT2D eigenvalue weighted by atomic mass is 14.9. The molecule has 2 rings (SSSR count). The van der Waals surface area contributed by atoms with E-state index >= 15 is 0 Å². The second-order valence-electron chi connectivity index (χ2n) is 5.29. The maximum absolute atomic E-state index is 3.47. The first-order valence-corrected chi connectivity index (χ1v) is 6.98. The normalized spacial score (nSPS) is 14.1. The first kappa shape index (κ1) is 13.8. The van der Waals surface area contributed by atoms with Gasteiger partial charge in [-0.1, -0.05) is 67.1 Å². The summed E-state index contributed by atoms with van der Waals surface area (Å²) in [6.07, 6.45) is 1.06. The van der Waals surface area contributed by atoms with Crippen molar-refractivity contribution in [2.45, 2.75) is 32.2 Å². The number of rotatable bonds is 5. The fourth-order valence-corrected chi connectivity index (χ4v) is 2.61. The van der Waals surface area contributed by atoms with Crippen molar-refractivity contribution in [1.82, 2.24) is 5.32 Å². The standard InChI is InChI=1S/C18H23N/c1-14-8-7-9-16(12-14)13-18(19-3)15(2)17-10-5-4-6-11-17/h4-12,15,18-19H,13H2,1-3H3. The van der Waals surface area contributed by atoms with Gasteiger partial charge >= 0.3 is 0 Å². The molecule has 0 spiro atoms. The molecule has 0 amide bonds. The molecule has 19 heavy (non-hydrogen) atoms. The average Bonchev–Trinajstić information content (AvgIpc) is 2.45. The Balaban J connectivity index is 2.12. The van der Waals surface area contributed by atoms with Crippen LogP contribution in [0.4, 0.5) is 0 Å². The highest BCUT2D eigenvalue weighted by Gasteiger charge is 2.17. The van der Waals surface area contributed by atoms with E-state index in [1.54, 1.807) is 0 Å². The predicted octanol–water partition coefficient (Wildman–Crippen LogP) is 3.93. The Morgan fingerprint density at radius 3 is 2.37 bits per heavy atom. The monoisotopic (exact) mass is 253 g/mol. The summed E-state index contributed by atoms with van der Waals surface area (Å²) >= 11 is 0. The molecule has 1 N–H and O–H groups in total. The van der Waals surface area contributed by atoms with E-state index in [-0.39, 0.29) is 0 Å². The van der Waals surface area contributed by atoms with Crippen molar-refractivity contribution in [3.63, 3.8) is 0 Å². The van der Waals surface area contributed by atoms with Crippen molar-refractivity contribution in [3.8, 4) is 0 Å². The van der Waals surface area contributed by atoms with Crippen LogP contribution >= 0.6 is 0 Å². The van der Waals surface area contributed by atoms with E-state index in [4.69, 9.17) is 0 Å². The number of hydrogen-bond donors (Lipinski definition) is 1. The highest BCUT2D eigenvalue weighted by Crippen LogP contribution is 2.21. The first-order valence-electron chi connectivity index (χ1n) is 6.98. The van der Waals surface area contributed by atoms with Gasteiger partial charge in [-0.05, 0) is 37.4 Å². The van der Waals surface area contributed by atoms with Crippen LogP contribution in [0.3, 0.4) is 0 Å². The Morgan fingerprint density at radius 1 is 1.00 bits per heavy atom. The smallest absolute Gasteiger partial charge is 0.0170 e. The topological polar surface area (TPSA) is 12.0 Å². The molecule has 0 radical (unpaired) electrons. The Labute approximate surface area is 116 Å². The van der Waals surface area contributed by atoms with Gasteiger partial charge in [0.15, 0.2) is 0 Å². The Hall–Kier alpha value is -1.60. The van der Waals surface area contributed by atoms with Gasteiger partial charge in [0, 0.05) is 6.04 Å². The summed E-state index contributed by atoms with van der Waals surface area (Å²) in [5, 5.41) is 3.47. The molecule has 0 aromatic heterocycles. The second-order valence-corrected chi connectivity index (χ2v) is 5.29. The third-order valence-electron chi connectivity index (χ3n) is 3.84. The summed E-state index contributed by atoms with van der Waals surface area (Å²) < 4.78 is 0. The van der Waals surface area contributed by atoms with E-state index in [1.807, 2.05) is 0 Å². The molecule has 0 bridgehead atoms. The van der Waals surface area contributed by atoms with Crippen LogP contribution in [-0.2, 0) is 6.42 Å². The van der Waals surface area contributed by atoms with Crippen molar-refractivity contribution in [2.75, 3.05) is 7.05 Å². The fourth-order valence-electron chi connectivity index (χ4n) is 2.61. The van der Waals surface area contributed by atoms with Crippen molar-refractivity contribution in [3.05, 3.63) is 71.3 Å². The van der Waals surface area contributed by atoms with E-state index in [1.165, 1.54) is 16.7 Å². The first-order chi connectivity index (χ1) is 9.20. The van der Waals surface area contributed by atoms with Crippen LogP contribution in [0.2, 0.25) is 0 Å². The third kappa shape index (κ3) is 3.68. The molecule has 0 aliphatic heterocycles. The van der Waals surface area contributed by atoms with Gasteiger partial charge in [0.25, 0.3) is 0 Å². The lowest BCUT2D eigenvalue weighted by atomic mass is 9.89. The van der Waals surface area contributed by atoms with E-state index < -0.39 is 0 Å². The van der Waals surface area contributed by atoms with Gasteiger partial charge in [0.2, 0.25) is 0 Å². The van der Waals surface area contributed by atoms with E-state index in [0.29, 0.717) is 12.0 Å². The van der Waals surface area contributed by atoms with Crippen molar-refractivity contribution in [2.24, 2.45) is 0 Å². The summed E-state index contributed by atoms with van der Waals surface area (Å²) in [7, 11) is 2.06. The van der Waals surface area contributed by atoms with Gasteiger partial charge in [-0.3, -0.25) is 0 Å². The van der Waals surface area contributed by atoms with Crippen molar-refractivity contribution < 1.29 is 0 Å². The molecular weight excluding hydrogens is 230 g/mol. The SMILES string of the molecule is CNC(Cc1cccc(C)c1)C(C)c1ccccc1. The van der Waals surface area contributed by atoms with Gasteiger partial charge in [-0.15, -0.1) is 0 Å². The predicted molar refractivity (Wildman–Crippen MR) is 82.6 cm³/mol. The number of hydrogen-bond acceptors (Lipinski definition) is 1. The lowest BCUT2D eigenvalue weighted by Gasteiger charge is -2.24. The maximum Gasteiger partial charge on any atom is 0.0170 e. The molecule has 1 nitrogen and oxygen atoms in total. The summed E-state index contributed by atoms with van der Waals surface area (Å²) in [6, 6.07) is 20.0. The van der Waals surface area contributed by atoms with E-state index in [2.05, 4.69) is 80.8 Å². The van der Waals surface area contributed by atoms with Crippen LogP contribution in [0.5, 0.6) is 0 Å². The molecule has 0 aliphatic carbocycles. The van der Waals surface area contributed by atoms with Crippen LogP contribution in [0, 0.1) is 6.92 Å². The number of likely N-dealkylation sites (N-methyl/N-ethyl adjacent to an activating group) is 1. The lowest BCUT2D eigenvalue weighted by Crippen LogP contribution is -2.32. The van der Waals surface area contributed by atoms with Gasteiger partial charge in [-0.25, -0.2) is 0 Å². The van der Waals surface area contributed by atoms with Gasteiger partial charge < -0.3 is 5.32 Å². The molecule has 0 saturated carbocycles. The van der Waals surface area contributed by atoms with E-state index in [9.17, 15) is 0 Å². The number of nitrogens with one attached hydrogen (secondary N) is 1. The third-order valence-corrected chi connectivity index (χ3v) is 3.84. The van der Waals surface area contributed by atoms with Crippen LogP contribution in [-0.4, -0.2) is 13.1 Å². The molecule has 2 aromatic rings. The maximum atomic E-state index is 3.47. The molecule has 2 unspecified atom stereocenters. The van der Waals surface area contributed by atoms with Gasteiger partial charge in [-0.2, -0.15) is 0 Å². The summed E-state index contributed by atoms with van der Waals surface area (Å²) in [4.78, 5) is 0. The van der Waals surface area contributed by atoms with Crippen LogP contribution < -0.4 is 5.32 Å². The zero-order valence-corrected chi connectivity index (χ0v) is 12.1. The number of benzene rings is 2. The minimum atomic E-state index is 0.462. The summed E-state index contributed by atoms with van der Waals surface area (Å²) in [5.74, 6) is 0.506. The highest BCUT2D eigenvalue weighted by molar-refractivity contribution is 5.25. The zero-order valence-electron chi connectivity index (χ0n) is 12.1. The Bertz CT molecular complexity index is 504. The largest absolute Gasteiger partial charge is 0.316 e. The van der Waals surface area contributed by atoms with Crippen molar-refractivity contribution in [1.29, 1.82) is 0 Å². The summed E-state index contributed by atoms with van der Waals surface area (Å²) in [5.41, 5.74) is 4.14. The molecular formula is C18H23N. The molecule has 0 heterocycles. The Morgan fingerprint density at radius 2 is 1.74 bits per heavy atom. The molecule has 2 aromatic carbocycles.